The highest BCUT2D eigenvalue weighted by molar-refractivity contribution is 6.33. The van der Waals surface area contributed by atoms with Crippen LogP contribution in [-0.4, -0.2) is 16.2 Å². The first-order valence-electron chi connectivity index (χ1n) is 4.77. The summed E-state index contributed by atoms with van der Waals surface area (Å²) in [5, 5.41) is 12.3. The van der Waals surface area contributed by atoms with Crippen LogP contribution >= 0.6 is 11.6 Å². The van der Waals surface area contributed by atoms with Crippen LogP contribution in [0.2, 0.25) is 5.02 Å². The molecular weight excluding hydrogens is 268 g/mol. The van der Waals surface area contributed by atoms with Crippen LogP contribution in [0.5, 0.6) is 0 Å². The van der Waals surface area contributed by atoms with Gasteiger partial charge in [0.15, 0.2) is 0 Å². The molecule has 0 bridgehead atoms. The molecule has 0 fully saturated rings. The molecule has 0 aliphatic rings. The van der Waals surface area contributed by atoms with Crippen LogP contribution in [0.4, 0.5) is 8.78 Å². The fourth-order valence-corrected chi connectivity index (χ4v) is 1.59. The van der Waals surface area contributed by atoms with Gasteiger partial charge in [-0.05, 0) is 12.1 Å². The highest BCUT2D eigenvalue weighted by atomic mass is 35.5. The van der Waals surface area contributed by atoms with E-state index in [1.165, 1.54) is 12.1 Å². The summed E-state index contributed by atoms with van der Waals surface area (Å²) in [7, 11) is 0. The van der Waals surface area contributed by atoms with E-state index in [0.29, 0.717) is 0 Å². The van der Waals surface area contributed by atoms with Crippen LogP contribution in [0.25, 0.3) is 11.3 Å². The van der Waals surface area contributed by atoms with E-state index in [4.69, 9.17) is 16.7 Å². The SMILES string of the molecule is O=C(O)c1cc(-c2cc(C(F)F)ccc2Cl)no1. The molecule has 0 atom stereocenters. The molecule has 0 saturated carbocycles. The summed E-state index contributed by atoms with van der Waals surface area (Å²) in [5.41, 5.74) is 0.0693. The number of benzene rings is 1. The summed E-state index contributed by atoms with van der Waals surface area (Å²) < 4.78 is 29.6. The Balaban J connectivity index is 2.48. The number of aromatic carboxylic acids is 1. The zero-order chi connectivity index (χ0) is 13.3. The van der Waals surface area contributed by atoms with Crippen LogP contribution in [0.3, 0.4) is 0 Å². The number of alkyl halides is 2. The maximum Gasteiger partial charge on any atom is 0.374 e. The van der Waals surface area contributed by atoms with Gasteiger partial charge in [-0.25, -0.2) is 13.6 Å². The molecular formula is C11H6ClF2NO3. The van der Waals surface area contributed by atoms with Gasteiger partial charge in [-0.15, -0.1) is 0 Å². The maximum atomic E-state index is 12.5. The van der Waals surface area contributed by atoms with E-state index >= 15 is 0 Å². The highest BCUT2D eigenvalue weighted by Gasteiger charge is 2.16. The first-order valence-corrected chi connectivity index (χ1v) is 5.15. The first-order chi connectivity index (χ1) is 8.49. The molecule has 0 amide bonds. The van der Waals surface area contributed by atoms with Gasteiger partial charge in [-0.3, -0.25) is 0 Å². The minimum absolute atomic E-state index is 0.0971. The Hall–Kier alpha value is -1.95. The van der Waals surface area contributed by atoms with E-state index in [1.807, 2.05) is 0 Å². The Morgan fingerprint density at radius 3 is 2.67 bits per heavy atom. The van der Waals surface area contributed by atoms with Crippen LogP contribution in [-0.2, 0) is 0 Å². The number of carbonyl (C=O) groups is 1. The third-order valence-electron chi connectivity index (χ3n) is 2.24. The van der Waals surface area contributed by atoms with Crippen molar-refractivity contribution in [3.8, 4) is 11.3 Å². The number of hydrogen-bond acceptors (Lipinski definition) is 3. The fourth-order valence-electron chi connectivity index (χ4n) is 1.38. The summed E-state index contributed by atoms with van der Waals surface area (Å²) in [4.78, 5) is 10.6. The van der Waals surface area contributed by atoms with Crippen molar-refractivity contribution in [2.75, 3.05) is 0 Å². The zero-order valence-electron chi connectivity index (χ0n) is 8.73. The monoisotopic (exact) mass is 273 g/mol. The quantitative estimate of drug-likeness (QED) is 0.927. The van der Waals surface area contributed by atoms with E-state index in [9.17, 15) is 13.6 Å². The summed E-state index contributed by atoms with van der Waals surface area (Å²) in [6.45, 7) is 0. The standard InChI is InChI=1S/C11H6ClF2NO3/c12-7-2-1-5(10(13)14)3-6(7)8-4-9(11(16)17)18-15-8/h1-4,10H,(H,16,17). The second-order valence-electron chi connectivity index (χ2n) is 3.42. The van der Waals surface area contributed by atoms with Gasteiger partial charge in [-0.1, -0.05) is 22.8 Å². The van der Waals surface area contributed by atoms with Crippen LogP contribution in [0, 0.1) is 0 Å². The van der Waals surface area contributed by atoms with Crippen molar-refractivity contribution in [2.24, 2.45) is 0 Å². The number of carboxylic acid groups (broad SMARTS) is 1. The Bertz CT molecular complexity index is 598. The molecule has 0 aliphatic carbocycles. The molecule has 1 heterocycles. The van der Waals surface area contributed by atoms with Crippen molar-refractivity contribution in [2.45, 2.75) is 6.43 Å². The van der Waals surface area contributed by atoms with Gasteiger partial charge in [0.1, 0.15) is 5.69 Å². The normalized spacial score (nSPS) is 10.9. The predicted octanol–water partition coefficient (Wildman–Crippen LogP) is 3.63. The highest BCUT2D eigenvalue weighted by Crippen LogP contribution is 2.31. The van der Waals surface area contributed by atoms with Crippen molar-refractivity contribution < 1.29 is 23.2 Å². The molecule has 0 radical (unpaired) electrons. The van der Waals surface area contributed by atoms with E-state index in [2.05, 4.69) is 9.68 Å². The average molecular weight is 274 g/mol. The molecule has 1 aromatic carbocycles. The van der Waals surface area contributed by atoms with Gasteiger partial charge in [0.2, 0.25) is 5.76 Å². The number of rotatable bonds is 3. The summed E-state index contributed by atoms with van der Waals surface area (Å²) in [6, 6.07) is 4.76. The third-order valence-corrected chi connectivity index (χ3v) is 2.57. The number of aromatic nitrogens is 1. The molecule has 7 heteroatoms. The third kappa shape index (κ3) is 2.33. The van der Waals surface area contributed by atoms with Gasteiger partial charge in [-0.2, -0.15) is 0 Å². The van der Waals surface area contributed by atoms with Crippen molar-refractivity contribution in [1.29, 1.82) is 0 Å². The molecule has 0 aliphatic heterocycles. The molecule has 18 heavy (non-hydrogen) atoms. The van der Waals surface area contributed by atoms with Crippen molar-refractivity contribution in [1.82, 2.24) is 5.16 Å². The van der Waals surface area contributed by atoms with E-state index < -0.39 is 12.4 Å². The van der Waals surface area contributed by atoms with Crippen molar-refractivity contribution in [3.05, 3.63) is 40.6 Å². The van der Waals surface area contributed by atoms with Gasteiger partial charge in [0.25, 0.3) is 6.43 Å². The average Bonchev–Trinajstić information content (AvgIpc) is 2.78. The molecule has 94 valence electrons. The number of halogens is 3. The van der Waals surface area contributed by atoms with Gasteiger partial charge < -0.3 is 9.63 Å². The van der Waals surface area contributed by atoms with Gasteiger partial charge >= 0.3 is 5.97 Å². The lowest BCUT2D eigenvalue weighted by atomic mass is 10.1. The topological polar surface area (TPSA) is 63.3 Å². The van der Waals surface area contributed by atoms with Crippen LogP contribution in [0.1, 0.15) is 22.5 Å². The largest absolute Gasteiger partial charge is 0.475 e. The summed E-state index contributed by atoms with van der Waals surface area (Å²) in [5.74, 6) is -1.68. The molecule has 1 aromatic heterocycles. The molecule has 0 saturated heterocycles. The summed E-state index contributed by atoms with van der Waals surface area (Å²) >= 11 is 5.85. The molecule has 1 N–H and O–H groups in total. The minimum Gasteiger partial charge on any atom is -0.475 e. The second-order valence-corrected chi connectivity index (χ2v) is 3.83. The lowest BCUT2D eigenvalue weighted by molar-refractivity contribution is 0.0652. The molecule has 4 nitrogen and oxygen atoms in total. The van der Waals surface area contributed by atoms with E-state index in [0.717, 1.165) is 12.1 Å². The number of hydrogen-bond donors (Lipinski definition) is 1. The fraction of sp³-hybridized carbons (Fsp3) is 0.0909. The Morgan fingerprint density at radius 2 is 2.11 bits per heavy atom. The Morgan fingerprint density at radius 1 is 1.39 bits per heavy atom. The molecule has 2 aromatic rings. The first kappa shape index (κ1) is 12.5. The maximum absolute atomic E-state index is 12.5. The van der Waals surface area contributed by atoms with Gasteiger partial charge in [0.05, 0.1) is 5.02 Å². The predicted molar refractivity (Wildman–Crippen MR) is 58.9 cm³/mol. The van der Waals surface area contributed by atoms with E-state index in [1.54, 1.807) is 0 Å². The lowest BCUT2D eigenvalue weighted by Crippen LogP contribution is -1.91. The molecule has 2 rings (SSSR count). The number of carboxylic acids is 1. The Kier molecular flexibility index (Phi) is 3.29. The van der Waals surface area contributed by atoms with Crippen LogP contribution < -0.4 is 0 Å². The summed E-state index contributed by atoms with van der Waals surface area (Å²) in [6.07, 6.45) is -2.65. The number of nitrogens with zero attached hydrogens (tertiary/aromatic N) is 1. The molecule has 0 unspecified atom stereocenters. The second kappa shape index (κ2) is 4.73. The van der Waals surface area contributed by atoms with Crippen LogP contribution in [0.15, 0.2) is 28.8 Å². The zero-order valence-corrected chi connectivity index (χ0v) is 9.49. The van der Waals surface area contributed by atoms with Gasteiger partial charge in [0, 0.05) is 17.2 Å². The van der Waals surface area contributed by atoms with Crippen molar-refractivity contribution in [3.63, 3.8) is 0 Å². The van der Waals surface area contributed by atoms with Crippen molar-refractivity contribution >= 4 is 17.6 Å². The smallest absolute Gasteiger partial charge is 0.374 e. The van der Waals surface area contributed by atoms with E-state index in [-0.39, 0.29) is 27.6 Å². The molecule has 0 spiro atoms. The minimum atomic E-state index is -2.65. The Labute approximate surface area is 105 Å². The lowest BCUT2D eigenvalue weighted by Gasteiger charge is -2.04.